The molecule has 0 bridgehead atoms. The molecule has 6 nitrogen and oxygen atoms in total. The zero-order valence-corrected chi connectivity index (χ0v) is 9.52. The highest BCUT2D eigenvalue weighted by Gasteiger charge is 2.28. The van der Waals surface area contributed by atoms with Gasteiger partial charge in [-0.1, -0.05) is 11.6 Å². The largest absolute Gasteiger partial charge is 0.462 e. The van der Waals surface area contributed by atoms with Gasteiger partial charge in [0.2, 0.25) is 0 Å². The number of nitrogens with zero attached hydrogens (tertiary/aromatic N) is 2. The van der Waals surface area contributed by atoms with Gasteiger partial charge in [0, 0.05) is 0 Å². The van der Waals surface area contributed by atoms with Crippen molar-refractivity contribution in [1.29, 1.82) is 5.26 Å². The Labute approximate surface area is 102 Å². The summed E-state index contributed by atoms with van der Waals surface area (Å²) in [5.74, 6) is -0.915. The fraction of sp³-hybridized carbons (Fsp3) is 0.200. The van der Waals surface area contributed by atoms with Crippen molar-refractivity contribution in [2.24, 2.45) is 0 Å². The van der Waals surface area contributed by atoms with Crippen LogP contribution in [-0.2, 0) is 4.74 Å². The van der Waals surface area contributed by atoms with Crippen molar-refractivity contribution in [2.45, 2.75) is 6.92 Å². The number of carbonyl (C=O) groups is 1. The van der Waals surface area contributed by atoms with Gasteiger partial charge in [-0.05, 0) is 19.1 Å². The Bertz CT molecular complexity index is 522. The lowest BCUT2D eigenvalue weighted by Crippen LogP contribution is -2.10. The van der Waals surface area contributed by atoms with E-state index in [2.05, 4.69) is 4.74 Å². The number of nitriles is 1. The highest BCUT2D eigenvalue weighted by molar-refractivity contribution is 6.34. The van der Waals surface area contributed by atoms with E-state index in [1.807, 2.05) is 0 Å². The molecule has 0 radical (unpaired) electrons. The molecule has 0 N–H and O–H groups in total. The summed E-state index contributed by atoms with van der Waals surface area (Å²) in [5.41, 5.74) is -1.25. The van der Waals surface area contributed by atoms with Crippen molar-refractivity contribution < 1.29 is 14.5 Å². The van der Waals surface area contributed by atoms with Crippen LogP contribution in [0.3, 0.4) is 0 Å². The number of rotatable bonds is 3. The second kappa shape index (κ2) is 5.27. The van der Waals surface area contributed by atoms with E-state index in [4.69, 9.17) is 16.9 Å². The Morgan fingerprint density at radius 2 is 2.29 bits per heavy atom. The first-order valence-corrected chi connectivity index (χ1v) is 4.94. The molecule has 7 heteroatoms. The summed E-state index contributed by atoms with van der Waals surface area (Å²) in [6.07, 6.45) is 0. The molecule has 88 valence electrons. The van der Waals surface area contributed by atoms with Gasteiger partial charge < -0.3 is 4.74 Å². The average Bonchev–Trinajstić information content (AvgIpc) is 2.28. The second-order valence-corrected chi connectivity index (χ2v) is 3.32. The fourth-order valence-electron chi connectivity index (χ4n) is 1.24. The maximum Gasteiger partial charge on any atom is 0.346 e. The summed E-state index contributed by atoms with van der Waals surface area (Å²) in [6.45, 7) is 1.62. The molecule has 0 amide bonds. The van der Waals surface area contributed by atoms with E-state index in [-0.39, 0.29) is 17.2 Å². The van der Waals surface area contributed by atoms with Crippen LogP contribution in [0.1, 0.15) is 22.8 Å². The minimum absolute atomic E-state index is 0.0586. The topological polar surface area (TPSA) is 93.2 Å². The van der Waals surface area contributed by atoms with Gasteiger partial charge in [-0.25, -0.2) is 4.79 Å². The lowest BCUT2D eigenvalue weighted by atomic mass is 10.1. The van der Waals surface area contributed by atoms with Crippen molar-refractivity contribution in [3.05, 3.63) is 38.4 Å². The molecule has 17 heavy (non-hydrogen) atoms. The normalized spacial score (nSPS) is 9.47. The van der Waals surface area contributed by atoms with Gasteiger partial charge in [0.25, 0.3) is 0 Å². The van der Waals surface area contributed by atoms with E-state index in [0.717, 1.165) is 0 Å². The number of nitro groups is 1. The summed E-state index contributed by atoms with van der Waals surface area (Å²) in [7, 11) is 0. The quantitative estimate of drug-likeness (QED) is 0.469. The SMILES string of the molecule is CCOC(=O)c1c(Cl)ccc(C#N)c1[N+](=O)[O-]. The molecule has 0 fully saturated rings. The number of halogens is 1. The van der Waals surface area contributed by atoms with E-state index < -0.39 is 22.1 Å². The molecule has 0 saturated carbocycles. The van der Waals surface area contributed by atoms with Crippen LogP contribution >= 0.6 is 11.6 Å². The molecular weight excluding hydrogens is 248 g/mol. The van der Waals surface area contributed by atoms with Crippen molar-refractivity contribution in [2.75, 3.05) is 6.61 Å². The van der Waals surface area contributed by atoms with E-state index in [1.54, 1.807) is 13.0 Å². The summed E-state index contributed by atoms with van der Waals surface area (Å²) >= 11 is 5.72. The predicted octanol–water partition coefficient (Wildman–Crippen LogP) is 2.30. The van der Waals surface area contributed by atoms with E-state index in [1.165, 1.54) is 12.1 Å². The van der Waals surface area contributed by atoms with Gasteiger partial charge in [-0.3, -0.25) is 10.1 Å². The third kappa shape index (κ3) is 2.52. The highest BCUT2D eigenvalue weighted by Crippen LogP contribution is 2.30. The lowest BCUT2D eigenvalue weighted by molar-refractivity contribution is -0.385. The van der Waals surface area contributed by atoms with Crippen LogP contribution in [0.2, 0.25) is 5.02 Å². The van der Waals surface area contributed by atoms with Crippen LogP contribution in [-0.4, -0.2) is 17.5 Å². The zero-order valence-electron chi connectivity index (χ0n) is 8.77. The first kappa shape index (κ1) is 12.9. The minimum atomic E-state index is -0.915. The van der Waals surface area contributed by atoms with Crippen LogP contribution in [0.15, 0.2) is 12.1 Å². The Hall–Kier alpha value is -2.13. The van der Waals surface area contributed by atoms with Crippen LogP contribution in [0.5, 0.6) is 0 Å². The van der Waals surface area contributed by atoms with Crippen molar-refractivity contribution in [3.63, 3.8) is 0 Å². The average molecular weight is 255 g/mol. The third-order valence-corrected chi connectivity index (χ3v) is 2.22. The molecule has 1 aromatic carbocycles. The van der Waals surface area contributed by atoms with Crippen molar-refractivity contribution in [1.82, 2.24) is 0 Å². The zero-order chi connectivity index (χ0) is 13.0. The summed E-state index contributed by atoms with van der Waals surface area (Å²) < 4.78 is 4.66. The van der Waals surface area contributed by atoms with Gasteiger partial charge in [0.05, 0.1) is 16.6 Å². The summed E-state index contributed by atoms with van der Waals surface area (Å²) in [6, 6.07) is 4.07. The second-order valence-electron chi connectivity index (χ2n) is 2.91. The number of carbonyl (C=O) groups excluding carboxylic acids is 1. The molecule has 1 rings (SSSR count). The van der Waals surface area contributed by atoms with Crippen LogP contribution in [0, 0.1) is 21.4 Å². The van der Waals surface area contributed by atoms with E-state index >= 15 is 0 Å². The third-order valence-electron chi connectivity index (χ3n) is 1.91. The number of hydrogen-bond acceptors (Lipinski definition) is 5. The van der Waals surface area contributed by atoms with E-state index in [0.29, 0.717) is 0 Å². The molecule has 0 atom stereocenters. The van der Waals surface area contributed by atoms with Crippen LogP contribution in [0.4, 0.5) is 5.69 Å². The van der Waals surface area contributed by atoms with Crippen molar-refractivity contribution in [3.8, 4) is 6.07 Å². The van der Waals surface area contributed by atoms with Crippen LogP contribution in [0.25, 0.3) is 0 Å². The smallest absolute Gasteiger partial charge is 0.346 e. The molecule has 0 saturated heterocycles. The first-order valence-electron chi connectivity index (χ1n) is 4.57. The maximum atomic E-state index is 11.5. The molecule has 0 aliphatic rings. The lowest BCUT2D eigenvalue weighted by Gasteiger charge is -2.05. The molecule has 0 unspecified atom stereocenters. The molecule has 1 aromatic rings. The van der Waals surface area contributed by atoms with Crippen LogP contribution < -0.4 is 0 Å². The van der Waals surface area contributed by atoms with Gasteiger partial charge >= 0.3 is 11.7 Å². The number of benzene rings is 1. The fourth-order valence-corrected chi connectivity index (χ4v) is 1.47. The van der Waals surface area contributed by atoms with Crippen molar-refractivity contribution >= 4 is 23.3 Å². The number of ether oxygens (including phenoxy) is 1. The Kier molecular flexibility index (Phi) is 4.01. The Balaban J connectivity index is 3.51. The van der Waals surface area contributed by atoms with Gasteiger partial charge in [0.15, 0.2) is 5.56 Å². The first-order chi connectivity index (χ1) is 8.02. The summed E-state index contributed by atoms with van der Waals surface area (Å²) in [4.78, 5) is 21.6. The number of nitro benzene ring substituents is 1. The molecule has 0 aromatic heterocycles. The molecule has 0 aliphatic heterocycles. The predicted molar refractivity (Wildman–Crippen MR) is 58.8 cm³/mol. The minimum Gasteiger partial charge on any atom is -0.462 e. The molecular formula is C10H7ClN2O4. The standard InChI is InChI=1S/C10H7ClN2O4/c1-2-17-10(14)8-7(11)4-3-6(5-12)9(8)13(15)16/h3-4H,2H2,1H3. The monoisotopic (exact) mass is 254 g/mol. The molecule has 0 heterocycles. The number of esters is 1. The Morgan fingerprint density at radius 3 is 2.76 bits per heavy atom. The summed E-state index contributed by atoms with van der Waals surface area (Å²) in [5, 5.41) is 19.5. The Morgan fingerprint density at radius 1 is 1.65 bits per heavy atom. The van der Waals surface area contributed by atoms with Gasteiger partial charge in [-0.2, -0.15) is 5.26 Å². The van der Waals surface area contributed by atoms with Gasteiger partial charge in [-0.15, -0.1) is 0 Å². The number of hydrogen-bond donors (Lipinski definition) is 0. The molecule has 0 spiro atoms. The van der Waals surface area contributed by atoms with E-state index in [9.17, 15) is 14.9 Å². The maximum absolute atomic E-state index is 11.5. The highest BCUT2D eigenvalue weighted by atomic mass is 35.5. The van der Waals surface area contributed by atoms with Gasteiger partial charge in [0.1, 0.15) is 11.6 Å². The molecule has 0 aliphatic carbocycles.